The molecule has 1 aromatic heterocycles. The molecule has 0 atom stereocenters. The second kappa shape index (κ2) is 4.84. The van der Waals surface area contributed by atoms with E-state index in [1.807, 2.05) is 18.2 Å². The largest absolute Gasteiger partial charge is 0.355 e. The summed E-state index contributed by atoms with van der Waals surface area (Å²) < 4.78 is 1.05. The van der Waals surface area contributed by atoms with Crippen molar-refractivity contribution in [3.63, 3.8) is 0 Å². The van der Waals surface area contributed by atoms with Gasteiger partial charge in [0.15, 0.2) is 5.82 Å². The van der Waals surface area contributed by atoms with Crippen LogP contribution in [0.15, 0.2) is 22.7 Å². The first-order chi connectivity index (χ1) is 8.74. The normalized spacial score (nSPS) is 16.2. The van der Waals surface area contributed by atoms with Crippen LogP contribution >= 0.6 is 15.9 Å². The number of aryl methyl sites for hydroxylation is 1. The summed E-state index contributed by atoms with van der Waals surface area (Å²) in [6, 6.07) is 6.07. The quantitative estimate of drug-likeness (QED) is 0.804. The number of benzene rings is 1. The van der Waals surface area contributed by atoms with Crippen molar-refractivity contribution in [3.05, 3.63) is 28.4 Å². The van der Waals surface area contributed by atoms with Crippen LogP contribution in [-0.4, -0.2) is 23.1 Å². The maximum atomic E-state index is 4.78. The third-order valence-electron chi connectivity index (χ3n) is 3.43. The molecule has 0 aliphatic carbocycles. The molecular weight excluding hydrogens is 290 g/mol. The topological polar surface area (TPSA) is 29.0 Å². The van der Waals surface area contributed by atoms with Crippen LogP contribution in [0.2, 0.25) is 0 Å². The van der Waals surface area contributed by atoms with E-state index in [1.54, 1.807) is 0 Å². The number of hydrogen-bond donors (Lipinski definition) is 0. The highest BCUT2D eigenvalue weighted by Crippen LogP contribution is 2.24. The minimum Gasteiger partial charge on any atom is -0.355 e. The predicted molar refractivity (Wildman–Crippen MR) is 78.0 cm³/mol. The average Bonchev–Trinajstić information content (AvgIpc) is 2.39. The molecule has 0 saturated carbocycles. The van der Waals surface area contributed by atoms with Crippen molar-refractivity contribution >= 4 is 32.8 Å². The Kier molecular flexibility index (Phi) is 3.20. The monoisotopic (exact) mass is 305 g/mol. The fourth-order valence-corrected chi connectivity index (χ4v) is 2.86. The zero-order valence-electron chi connectivity index (χ0n) is 10.5. The minimum atomic E-state index is 0.961. The van der Waals surface area contributed by atoms with Gasteiger partial charge in [0.05, 0.1) is 16.7 Å². The Hall–Kier alpha value is -1.16. The van der Waals surface area contributed by atoms with E-state index in [1.165, 1.54) is 19.3 Å². The highest BCUT2D eigenvalue weighted by molar-refractivity contribution is 9.10. The maximum Gasteiger partial charge on any atom is 0.150 e. The van der Waals surface area contributed by atoms with Gasteiger partial charge in [-0.25, -0.2) is 9.97 Å². The van der Waals surface area contributed by atoms with E-state index in [-0.39, 0.29) is 0 Å². The molecule has 3 nitrogen and oxygen atoms in total. The van der Waals surface area contributed by atoms with Crippen molar-refractivity contribution < 1.29 is 0 Å². The van der Waals surface area contributed by atoms with Gasteiger partial charge in [0, 0.05) is 17.6 Å². The van der Waals surface area contributed by atoms with Gasteiger partial charge >= 0.3 is 0 Å². The van der Waals surface area contributed by atoms with Crippen molar-refractivity contribution in [3.8, 4) is 0 Å². The number of fused-ring (bicyclic) bond motifs is 1. The first-order valence-corrected chi connectivity index (χ1v) is 7.22. The molecule has 1 fully saturated rings. The number of piperidine rings is 1. The Morgan fingerprint density at radius 2 is 1.83 bits per heavy atom. The van der Waals surface area contributed by atoms with E-state index in [0.717, 1.165) is 40.1 Å². The molecule has 94 valence electrons. The molecule has 2 aromatic rings. The molecule has 3 rings (SSSR count). The molecule has 4 heteroatoms. The van der Waals surface area contributed by atoms with Gasteiger partial charge < -0.3 is 4.90 Å². The predicted octanol–water partition coefficient (Wildman–Crippen LogP) is 3.69. The van der Waals surface area contributed by atoms with Crippen LogP contribution in [0, 0.1) is 6.92 Å². The highest BCUT2D eigenvalue weighted by Gasteiger charge is 2.15. The molecule has 1 aliphatic heterocycles. The molecule has 2 heterocycles. The van der Waals surface area contributed by atoms with Crippen molar-refractivity contribution in [1.82, 2.24) is 9.97 Å². The van der Waals surface area contributed by atoms with Crippen molar-refractivity contribution in [2.45, 2.75) is 26.2 Å². The van der Waals surface area contributed by atoms with E-state index in [2.05, 4.69) is 32.7 Å². The van der Waals surface area contributed by atoms with E-state index in [9.17, 15) is 0 Å². The lowest BCUT2D eigenvalue weighted by Gasteiger charge is -2.28. The molecule has 0 N–H and O–H groups in total. The van der Waals surface area contributed by atoms with Crippen LogP contribution in [-0.2, 0) is 0 Å². The average molecular weight is 306 g/mol. The maximum absolute atomic E-state index is 4.78. The smallest absolute Gasteiger partial charge is 0.150 e. The molecule has 1 aromatic carbocycles. The number of nitrogens with zero attached hydrogens (tertiary/aromatic N) is 3. The lowest BCUT2D eigenvalue weighted by atomic mass is 10.1. The van der Waals surface area contributed by atoms with Gasteiger partial charge in [0.2, 0.25) is 0 Å². The van der Waals surface area contributed by atoms with Crippen LogP contribution in [0.4, 0.5) is 5.82 Å². The van der Waals surface area contributed by atoms with Gasteiger partial charge in [0.1, 0.15) is 0 Å². The summed E-state index contributed by atoms with van der Waals surface area (Å²) in [7, 11) is 0. The fourth-order valence-electron chi connectivity index (χ4n) is 2.51. The van der Waals surface area contributed by atoms with E-state index in [4.69, 9.17) is 4.98 Å². The van der Waals surface area contributed by atoms with Crippen LogP contribution in [0.25, 0.3) is 11.0 Å². The Balaban J connectivity index is 2.06. The number of hydrogen-bond acceptors (Lipinski definition) is 3. The number of rotatable bonds is 1. The number of aromatic nitrogens is 2. The van der Waals surface area contributed by atoms with Crippen molar-refractivity contribution in [2.24, 2.45) is 0 Å². The van der Waals surface area contributed by atoms with Crippen molar-refractivity contribution in [2.75, 3.05) is 18.0 Å². The van der Waals surface area contributed by atoms with Crippen LogP contribution in [0.1, 0.15) is 25.0 Å². The Bertz CT molecular complexity index is 577. The molecule has 0 amide bonds. The molecular formula is C14H16BrN3. The highest BCUT2D eigenvalue weighted by atomic mass is 79.9. The Morgan fingerprint density at radius 3 is 2.61 bits per heavy atom. The van der Waals surface area contributed by atoms with Gasteiger partial charge in [-0.15, -0.1) is 0 Å². The zero-order chi connectivity index (χ0) is 12.5. The second-order valence-corrected chi connectivity index (χ2v) is 5.73. The van der Waals surface area contributed by atoms with E-state index in [0.29, 0.717) is 0 Å². The van der Waals surface area contributed by atoms with Crippen LogP contribution in [0.3, 0.4) is 0 Å². The number of anilines is 1. The zero-order valence-corrected chi connectivity index (χ0v) is 12.1. The first kappa shape index (κ1) is 11.9. The molecule has 18 heavy (non-hydrogen) atoms. The van der Waals surface area contributed by atoms with Gasteiger partial charge in [-0.1, -0.05) is 15.9 Å². The first-order valence-electron chi connectivity index (χ1n) is 6.43. The minimum absolute atomic E-state index is 0.961. The van der Waals surface area contributed by atoms with E-state index >= 15 is 0 Å². The lowest BCUT2D eigenvalue weighted by molar-refractivity contribution is 0.572. The van der Waals surface area contributed by atoms with E-state index < -0.39 is 0 Å². The van der Waals surface area contributed by atoms with Gasteiger partial charge in [-0.2, -0.15) is 0 Å². The molecule has 1 saturated heterocycles. The standard InChI is InChI=1S/C14H16BrN3/c1-10-14(18-7-3-2-4-8-18)17-12-6-5-11(15)9-13(12)16-10/h5-6,9H,2-4,7-8H2,1H3. The Morgan fingerprint density at radius 1 is 1.06 bits per heavy atom. The summed E-state index contributed by atoms with van der Waals surface area (Å²) in [6.07, 6.45) is 3.86. The van der Waals surface area contributed by atoms with Gasteiger partial charge in [-0.3, -0.25) is 0 Å². The second-order valence-electron chi connectivity index (χ2n) is 4.81. The Labute approximate surface area is 115 Å². The summed E-state index contributed by atoms with van der Waals surface area (Å²) in [4.78, 5) is 11.8. The lowest BCUT2D eigenvalue weighted by Crippen LogP contribution is -2.31. The fraction of sp³-hybridized carbons (Fsp3) is 0.429. The summed E-state index contributed by atoms with van der Waals surface area (Å²) in [5.41, 5.74) is 2.97. The molecule has 0 radical (unpaired) electrons. The third-order valence-corrected chi connectivity index (χ3v) is 3.92. The molecule has 0 unspecified atom stereocenters. The molecule has 0 spiro atoms. The third kappa shape index (κ3) is 2.21. The summed E-state index contributed by atoms with van der Waals surface area (Å²) in [5, 5.41) is 0. The van der Waals surface area contributed by atoms with Crippen LogP contribution < -0.4 is 4.90 Å². The van der Waals surface area contributed by atoms with Crippen molar-refractivity contribution in [1.29, 1.82) is 0 Å². The summed E-state index contributed by atoms with van der Waals surface area (Å²) >= 11 is 3.47. The van der Waals surface area contributed by atoms with Gasteiger partial charge in [-0.05, 0) is 44.4 Å². The van der Waals surface area contributed by atoms with Gasteiger partial charge in [0.25, 0.3) is 0 Å². The summed E-state index contributed by atoms with van der Waals surface area (Å²) in [6.45, 7) is 4.27. The summed E-state index contributed by atoms with van der Waals surface area (Å²) in [5.74, 6) is 1.06. The molecule has 0 bridgehead atoms. The number of halogens is 1. The van der Waals surface area contributed by atoms with Crippen LogP contribution in [0.5, 0.6) is 0 Å². The SMILES string of the molecule is Cc1nc2cc(Br)ccc2nc1N1CCCCC1. The molecule has 1 aliphatic rings.